The third kappa shape index (κ3) is 2.06. The average Bonchev–Trinajstić information content (AvgIpc) is 2.94. The molecule has 7 heteroatoms. The zero-order valence-electron chi connectivity index (χ0n) is 10.5. The van der Waals surface area contributed by atoms with Gasteiger partial charge in [0, 0.05) is 6.04 Å². The molecule has 3 nitrogen and oxygen atoms in total. The lowest BCUT2D eigenvalue weighted by molar-refractivity contribution is -0.165. The lowest BCUT2D eigenvalue weighted by atomic mass is 9.96. The number of nitrogens with one attached hydrogen (secondary N) is 1. The number of amides is 1. The predicted molar refractivity (Wildman–Crippen MR) is 66.9 cm³/mol. The van der Waals surface area contributed by atoms with E-state index >= 15 is 0 Å². The summed E-state index contributed by atoms with van der Waals surface area (Å²) in [6.45, 7) is 0.902. The molecule has 2 aliphatic carbocycles. The Balaban J connectivity index is 1.68. The molecule has 0 unspecified atom stereocenters. The number of amidine groups is 1. The van der Waals surface area contributed by atoms with E-state index in [2.05, 4.69) is 10.3 Å². The van der Waals surface area contributed by atoms with Crippen LogP contribution in [0.25, 0.3) is 0 Å². The van der Waals surface area contributed by atoms with Crippen molar-refractivity contribution in [1.29, 1.82) is 0 Å². The molecular formula is C12H15F3N2OS. The van der Waals surface area contributed by atoms with Crippen LogP contribution in [-0.4, -0.2) is 28.0 Å². The number of thioether (sulfide) groups is 1. The molecule has 19 heavy (non-hydrogen) atoms. The standard InChI is InChI=1S/C12H15F3N2OS/c1-11(12(13,14)15)9(18)17-10(19-11)16-8-5-6-2-3-7(8)4-6/h6-8H,2-5H2,1H3,(H,16,17,18)/t6-,7-,8-,11-/m0/s1. The third-order valence-electron chi connectivity index (χ3n) is 4.50. The first-order chi connectivity index (χ1) is 8.79. The Kier molecular flexibility index (Phi) is 2.89. The van der Waals surface area contributed by atoms with E-state index in [1.807, 2.05) is 0 Å². The number of fused-ring (bicyclic) bond motifs is 2. The zero-order valence-corrected chi connectivity index (χ0v) is 11.3. The summed E-state index contributed by atoms with van der Waals surface area (Å²) in [5.41, 5.74) is 0. The molecule has 3 aliphatic rings. The van der Waals surface area contributed by atoms with Crippen LogP contribution < -0.4 is 5.32 Å². The van der Waals surface area contributed by atoms with Crippen molar-refractivity contribution < 1.29 is 18.0 Å². The van der Waals surface area contributed by atoms with Crippen LogP contribution in [0.5, 0.6) is 0 Å². The van der Waals surface area contributed by atoms with Gasteiger partial charge in [0.15, 0.2) is 9.91 Å². The fourth-order valence-electron chi connectivity index (χ4n) is 3.28. The van der Waals surface area contributed by atoms with Crippen molar-refractivity contribution in [3.05, 3.63) is 0 Å². The minimum absolute atomic E-state index is 0.141. The van der Waals surface area contributed by atoms with Gasteiger partial charge in [-0.25, -0.2) is 0 Å². The summed E-state index contributed by atoms with van der Waals surface area (Å²) >= 11 is 0.507. The number of carbonyl (C=O) groups is 1. The maximum atomic E-state index is 12.9. The van der Waals surface area contributed by atoms with E-state index in [1.165, 1.54) is 6.42 Å². The number of rotatable bonds is 1. The van der Waals surface area contributed by atoms with E-state index in [-0.39, 0.29) is 11.2 Å². The number of halogens is 3. The van der Waals surface area contributed by atoms with Gasteiger partial charge >= 0.3 is 6.18 Å². The second kappa shape index (κ2) is 4.14. The fourth-order valence-corrected chi connectivity index (χ4v) is 4.25. The predicted octanol–water partition coefficient (Wildman–Crippen LogP) is 2.72. The van der Waals surface area contributed by atoms with Gasteiger partial charge < -0.3 is 5.32 Å². The van der Waals surface area contributed by atoms with Crippen molar-refractivity contribution in [1.82, 2.24) is 5.32 Å². The van der Waals surface area contributed by atoms with Gasteiger partial charge in [0.25, 0.3) is 5.91 Å². The third-order valence-corrected chi connectivity index (χ3v) is 5.72. The van der Waals surface area contributed by atoms with Gasteiger partial charge in [-0.05, 0) is 38.0 Å². The van der Waals surface area contributed by atoms with Gasteiger partial charge in [-0.15, -0.1) is 0 Å². The second-order valence-electron chi connectivity index (χ2n) is 5.78. The smallest absolute Gasteiger partial charge is 0.361 e. The van der Waals surface area contributed by atoms with E-state index in [0.29, 0.717) is 23.6 Å². The quantitative estimate of drug-likeness (QED) is 0.808. The summed E-state index contributed by atoms with van der Waals surface area (Å²) in [5.74, 6) is 0.121. The highest BCUT2D eigenvalue weighted by Crippen LogP contribution is 2.48. The van der Waals surface area contributed by atoms with Crippen LogP contribution in [0, 0.1) is 11.8 Å². The maximum absolute atomic E-state index is 12.9. The van der Waals surface area contributed by atoms with Crippen molar-refractivity contribution in [3.8, 4) is 0 Å². The normalized spacial score (nSPS) is 41.8. The van der Waals surface area contributed by atoms with Crippen molar-refractivity contribution in [2.24, 2.45) is 16.8 Å². The number of alkyl halides is 3. The zero-order chi connectivity index (χ0) is 13.8. The van der Waals surface area contributed by atoms with Gasteiger partial charge in [0.2, 0.25) is 0 Å². The van der Waals surface area contributed by atoms with E-state index in [0.717, 1.165) is 26.2 Å². The minimum Gasteiger partial charge on any atom is -0.361 e. The second-order valence-corrected chi connectivity index (χ2v) is 7.19. The van der Waals surface area contributed by atoms with Crippen LogP contribution in [-0.2, 0) is 4.79 Å². The summed E-state index contributed by atoms with van der Waals surface area (Å²) in [6, 6.07) is 0.188. The Morgan fingerprint density at radius 1 is 1.37 bits per heavy atom. The molecular weight excluding hydrogens is 277 g/mol. The molecule has 0 aromatic heterocycles. The van der Waals surface area contributed by atoms with E-state index in [1.54, 1.807) is 0 Å². The molecule has 2 bridgehead atoms. The molecule has 2 saturated carbocycles. The van der Waals surface area contributed by atoms with Crippen molar-refractivity contribution in [3.63, 3.8) is 0 Å². The Morgan fingerprint density at radius 2 is 2.11 bits per heavy atom. The van der Waals surface area contributed by atoms with Gasteiger partial charge in [-0.2, -0.15) is 18.2 Å². The Morgan fingerprint density at radius 3 is 2.58 bits per heavy atom. The Bertz CT molecular complexity index is 451. The lowest BCUT2D eigenvalue weighted by Gasteiger charge is -2.26. The molecule has 106 valence electrons. The monoisotopic (exact) mass is 292 g/mol. The molecule has 0 radical (unpaired) electrons. The Labute approximate surface area is 113 Å². The SMILES string of the molecule is C[C@]1(C(F)(F)F)SC(N[C@H]2C[C@H]3CC[C@H]2C3)=NC1=O. The van der Waals surface area contributed by atoms with E-state index in [9.17, 15) is 18.0 Å². The van der Waals surface area contributed by atoms with Gasteiger partial charge in [-0.1, -0.05) is 18.2 Å². The molecule has 0 aromatic carbocycles. The average molecular weight is 292 g/mol. The molecule has 0 spiro atoms. The molecule has 0 aromatic rings. The first-order valence-electron chi connectivity index (χ1n) is 6.45. The molecule has 1 N–H and O–H groups in total. The highest BCUT2D eigenvalue weighted by atomic mass is 32.2. The summed E-state index contributed by atoms with van der Waals surface area (Å²) in [7, 11) is 0. The highest BCUT2D eigenvalue weighted by Gasteiger charge is 2.61. The minimum atomic E-state index is -4.57. The molecule has 1 amide bonds. The van der Waals surface area contributed by atoms with Crippen molar-refractivity contribution in [2.45, 2.75) is 49.6 Å². The van der Waals surface area contributed by atoms with Crippen LogP contribution in [0.1, 0.15) is 32.6 Å². The summed E-state index contributed by atoms with van der Waals surface area (Å²) < 4.78 is 36.2. The highest BCUT2D eigenvalue weighted by molar-refractivity contribution is 8.16. The molecule has 0 saturated heterocycles. The number of nitrogens with zero attached hydrogens (tertiary/aromatic N) is 1. The molecule has 1 heterocycles. The van der Waals surface area contributed by atoms with Gasteiger partial charge in [-0.3, -0.25) is 4.79 Å². The van der Waals surface area contributed by atoms with Crippen LogP contribution in [0.3, 0.4) is 0 Å². The molecule has 1 aliphatic heterocycles. The molecule has 2 fully saturated rings. The number of aliphatic imine (C=N–C) groups is 1. The molecule has 4 atom stereocenters. The fraction of sp³-hybridized carbons (Fsp3) is 0.833. The molecule has 3 rings (SSSR count). The van der Waals surface area contributed by atoms with E-state index < -0.39 is 16.8 Å². The topological polar surface area (TPSA) is 41.5 Å². The number of hydrogen-bond acceptors (Lipinski definition) is 3. The van der Waals surface area contributed by atoms with Gasteiger partial charge in [0.1, 0.15) is 0 Å². The van der Waals surface area contributed by atoms with Crippen LogP contribution in [0.15, 0.2) is 4.99 Å². The van der Waals surface area contributed by atoms with Crippen LogP contribution in [0.4, 0.5) is 13.2 Å². The number of hydrogen-bond donors (Lipinski definition) is 1. The maximum Gasteiger partial charge on any atom is 0.412 e. The van der Waals surface area contributed by atoms with Gasteiger partial charge in [0.05, 0.1) is 0 Å². The van der Waals surface area contributed by atoms with Crippen molar-refractivity contribution in [2.75, 3.05) is 0 Å². The Hall–Kier alpha value is -0.720. The largest absolute Gasteiger partial charge is 0.412 e. The lowest BCUT2D eigenvalue weighted by Crippen LogP contribution is -2.44. The van der Waals surface area contributed by atoms with Crippen LogP contribution in [0.2, 0.25) is 0 Å². The number of carbonyl (C=O) groups excluding carboxylic acids is 1. The summed E-state index contributed by atoms with van der Waals surface area (Å²) in [5, 5.41) is 3.20. The summed E-state index contributed by atoms with van der Waals surface area (Å²) in [6.07, 6.45) is -0.0793. The first kappa shape index (κ1) is 13.3. The first-order valence-corrected chi connectivity index (χ1v) is 7.26. The van der Waals surface area contributed by atoms with Crippen molar-refractivity contribution >= 4 is 22.8 Å². The van der Waals surface area contributed by atoms with E-state index in [4.69, 9.17) is 0 Å². The summed E-state index contributed by atoms with van der Waals surface area (Å²) in [4.78, 5) is 15.1. The van der Waals surface area contributed by atoms with Crippen LogP contribution >= 0.6 is 11.8 Å².